The first-order chi connectivity index (χ1) is 10.8. The molecule has 0 aliphatic heterocycles. The third kappa shape index (κ3) is 4.76. The Labute approximate surface area is 141 Å². The second-order valence-electron chi connectivity index (χ2n) is 6.44. The van der Waals surface area contributed by atoms with Crippen molar-refractivity contribution in [2.24, 2.45) is 0 Å². The molecule has 2 rings (SSSR count). The van der Waals surface area contributed by atoms with E-state index in [1.54, 1.807) is 23.9 Å². The number of carbonyl (C=O) groups excluding carboxylic acids is 1. The van der Waals surface area contributed by atoms with Crippen LogP contribution in [-0.4, -0.2) is 42.0 Å². The lowest BCUT2D eigenvalue weighted by Crippen LogP contribution is -2.22. The van der Waals surface area contributed by atoms with Gasteiger partial charge in [0.05, 0.1) is 18.3 Å². The quantitative estimate of drug-likeness (QED) is 0.329. The van der Waals surface area contributed by atoms with Crippen LogP contribution in [0.1, 0.15) is 17.4 Å². The molecule has 0 unspecified atom stereocenters. The average Bonchev–Trinajstić information content (AvgIpc) is 2.81. The average molecular weight is 356 g/mol. The summed E-state index contributed by atoms with van der Waals surface area (Å²) in [5.74, 6) is -0.472. The Kier molecular flexibility index (Phi) is 5.77. The van der Waals surface area contributed by atoms with Gasteiger partial charge in [-0.2, -0.15) is 5.10 Å². The van der Waals surface area contributed by atoms with E-state index in [1.165, 1.54) is 0 Å². The summed E-state index contributed by atoms with van der Waals surface area (Å²) in [5.41, 5.74) is 0.936. The number of aromatic nitrogens is 3. The molecule has 0 spiro atoms. The molecule has 2 aromatic rings. The monoisotopic (exact) mass is 355 g/mol. The lowest BCUT2D eigenvalue weighted by Gasteiger charge is -2.15. The van der Waals surface area contributed by atoms with Gasteiger partial charge in [-0.15, -0.1) is 0 Å². The Morgan fingerprint density at radius 3 is 2.78 bits per heavy atom. The zero-order valence-corrected chi connectivity index (χ0v) is 15.7. The summed E-state index contributed by atoms with van der Waals surface area (Å²) in [6, 6.07) is 2.69. The number of rotatable bonds is 7. The van der Waals surface area contributed by atoms with E-state index in [-0.39, 0.29) is 12.4 Å². The summed E-state index contributed by atoms with van der Waals surface area (Å²) < 4.78 is 12.4. The number of halogens is 1. The molecule has 0 aliphatic carbocycles. The van der Waals surface area contributed by atoms with Crippen molar-refractivity contribution in [2.45, 2.75) is 39.3 Å². The molecule has 8 heteroatoms. The molecule has 6 nitrogen and oxygen atoms in total. The Hall–Kier alpha value is -1.44. The second kappa shape index (κ2) is 7.42. The van der Waals surface area contributed by atoms with E-state index in [4.69, 9.17) is 21.1 Å². The molecule has 0 saturated carbocycles. The maximum absolute atomic E-state index is 12.0. The highest BCUT2D eigenvalue weighted by Gasteiger charge is 2.19. The predicted molar refractivity (Wildman–Crippen MR) is 92.6 cm³/mol. The fourth-order valence-electron chi connectivity index (χ4n) is 2.02. The SMILES string of the molecule is CCOC(=O)c1nn(COCC[Si](C)(C)C)c2cnc(Cl)cc12. The lowest BCUT2D eigenvalue weighted by molar-refractivity contribution is 0.0513. The normalized spacial score (nSPS) is 11.9. The third-order valence-electron chi connectivity index (χ3n) is 3.28. The van der Waals surface area contributed by atoms with Gasteiger partial charge in [0.2, 0.25) is 0 Å². The fourth-order valence-corrected chi connectivity index (χ4v) is 2.94. The third-order valence-corrected chi connectivity index (χ3v) is 5.19. The molecule has 0 N–H and O–H groups in total. The van der Waals surface area contributed by atoms with Crippen LogP contribution in [0.2, 0.25) is 30.8 Å². The number of hydrogen-bond donors (Lipinski definition) is 0. The van der Waals surface area contributed by atoms with Gasteiger partial charge < -0.3 is 9.47 Å². The van der Waals surface area contributed by atoms with Gasteiger partial charge in [0, 0.05) is 20.1 Å². The Morgan fingerprint density at radius 2 is 2.13 bits per heavy atom. The number of ether oxygens (including phenoxy) is 2. The van der Waals surface area contributed by atoms with Crippen LogP contribution < -0.4 is 0 Å². The van der Waals surface area contributed by atoms with E-state index in [9.17, 15) is 4.79 Å². The van der Waals surface area contributed by atoms with E-state index in [1.807, 2.05) is 0 Å². The zero-order chi connectivity index (χ0) is 17.0. The maximum Gasteiger partial charge on any atom is 0.359 e. The molecule has 2 aromatic heterocycles. The molecular formula is C15H22ClN3O3Si. The molecule has 0 fully saturated rings. The van der Waals surface area contributed by atoms with E-state index in [0.29, 0.717) is 29.3 Å². The summed E-state index contributed by atoms with van der Waals surface area (Å²) in [4.78, 5) is 16.1. The minimum atomic E-state index is -1.14. The Balaban J connectivity index is 2.21. The first-order valence-corrected chi connectivity index (χ1v) is 11.7. The topological polar surface area (TPSA) is 66.2 Å². The van der Waals surface area contributed by atoms with E-state index in [0.717, 1.165) is 6.04 Å². The lowest BCUT2D eigenvalue weighted by atomic mass is 10.2. The van der Waals surface area contributed by atoms with Gasteiger partial charge in [-0.05, 0) is 19.0 Å². The van der Waals surface area contributed by atoms with Gasteiger partial charge in [0.1, 0.15) is 11.9 Å². The highest BCUT2D eigenvalue weighted by atomic mass is 35.5. The van der Waals surface area contributed by atoms with Crippen LogP contribution in [0.3, 0.4) is 0 Å². The largest absolute Gasteiger partial charge is 0.461 e. The number of hydrogen-bond acceptors (Lipinski definition) is 5. The highest BCUT2D eigenvalue weighted by molar-refractivity contribution is 6.76. The number of nitrogens with zero attached hydrogens (tertiary/aromatic N) is 3. The number of pyridine rings is 1. The van der Waals surface area contributed by atoms with Crippen molar-refractivity contribution in [2.75, 3.05) is 13.2 Å². The summed E-state index contributed by atoms with van der Waals surface area (Å²) in [5, 5.41) is 5.24. The summed E-state index contributed by atoms with van der Waals surface area (Å²) in [6.45, 7) is 9.87. The van der Waals surface area contributed by atoms with E-state index in [2.05, 4.69) is 29.7 Å². The molecule has 23 heavy (non-hydrogen) atoms. The predicted octanol–water partition coefficient (Wildman–Crippen LogP) is 3.57. The first kappa shape index (κ1) is 17.9. The Bertz CT molecular complexity index is 697. The van der Waals surface area contributed by atoms with Gasteiger partial charge in [-0.25, -0.2) is 14.5 Å². The van der Waals surface area contributed by atoms with Crippen molar-refractivity contribution in [1.29, 1.82) is 0 Å². The molecule has 0 amide bonds. The highest BCUT2D eigenvalue weighted by Crippen LogP contribution is 2.22. The van der Waals surface area contributed by atoms with E-state index >= 15 is 0 Å². The summed E-state index contributed by atoms with van der Waals surface area (Å²) in [7, 11) is -1.14. The van der Waals surface area contributed by atoms with Crippen LogP contribution in [0.5, 0.6) is 0 Å². The molecule has 126 valence electrons. The van der Waals surface area contributed by atoms with Crippen molar-refractivity contribution in [3.05, 3.63) is 23.1 Å². The molecule has 0 aliphatic rings. The van der Waals surface area contributed by atoms with Gasteiger partial charge in [0.15, 0.2) is 5.69 Å². The Morgan fingerprint density at radius 1 is 1.39 bits per heavy atom. The first-order valence-electron chi connectivity index (χ1n) is 7.59. The van der Waals surface area contributed by atoms with Crippen LogP contribution in [0.25, 0.3) is 10.9 Å². The molecule has 0 bridgehead atoms. The van der Waals surface area contributed by atoms with Crippen LogP contribution in [0, 0.1) is 0 Å². The minimum absolute atomic E-state index is 0.236. The second-order valence-corrected chi connectivity index (χ2v) is 12.4. The smallest absolute Gasteiger partial charge is 0.359 e. The summed E-state index contributed by atoms with van der Waals surface area (Å²) in [6.07, 6.45) is 1.59. The standard InChI is InChI=1S/C15H22ClN3O3Si/c1-5-22-15(20)14-11-8-13(16)17-9-12(11)19(18-14)10-21-6-7-23(2,3)4/h8-9H,5-7,10H2,1-4H3. The minimum Gasteiger partial charge on any atom is -0.461 e. The van der Waals surface area contributed by atoms with Crippen molar-refractivity contribution in [3.63, 3.8) is 0 Å². The van der Waals surface area contributed by atoms with Crippen molar-refractivity contribution >= 4 is 36.5 Å². The van der Waals surface area contributed by atoms with E-state index < -0.39 is 14.0 Å². The molecule has 0 radical (unpaired) electrons. The van der Waals surface area contributed by atoms with Gasteiger partial charge in [-0.1, -0.05) is 31.2 Å². The van der Waals surface area contributed by atoms with Crippen molar-refractivity contribution < 1.29 is 14.3 Å². The van der Waals surface area contributed by atoms with Crippen LogP contribution in [-0.2, 0) is 16.2 Å². The van der Waals surface area contributed by atoms with Gasteiger partial charge >= 0.3 is 5.97 Å². The van der Waals surface area contributed by atoms with Crippen LogP contribution in [0.4, 0.5) is 0 Å². The number of fused-ring (bicyclic) bond motifs is 1. The molecule has 0 aromatic carbocycles. The molecule has 0 saturated heterocycles. The number of carbonyl (C=O) groups is 1. The van der Waals surface area contributed by atoms with Crippen molar-refractivity contribution in [1.82, 2.24) is 14.8 Å². The molecule has 2 heterocycles. The van der Waals surface area contributed by atoms with Crippen molar-refractivity contribution in [3.8, 4) is 0 Å². The summed E-state index contributed by atoms with van der Waals surface area (Å²) >= 11 is 5.93. The molecular weight excluding hydrogens is 334 g/mol. The van der Waals surface area contributed by atoms with Gasteiger partial charge in [0.25, 0.3) is 0 Å². The van der Waals surface area contributed by atoms with Crippen LogP contribution >= 0.6 is 11.6 Å². The van der Waals surface area contributed by atoms with Crippen LogP contribution in [0.15, 0.2) is 12.3 Å². The fraction of sp³-hybridized carbons (Fsp3) is 0.533. The number of esters is 1. The molecule has 0 atom stereocenters. The zero-order valence-electron chi connectivity index (χ0n) is 13.9. The van der Waals surface area contributed by atoms with Gasteiger partial charge in [-0.3, -0.25) is 0 Å². The maximum atomic E-state index is 12.0.